The third kappa shape index (κ3) is 4.11. The van der Waals surface area contributed by atoms with Crippen LogP contribution >= 0.6 is 0 Å². The van der Waals surface area contributed by atoms with Crippen LogP contribution in [-0.4, -0.2) is 53.3 Å². The van der Waals surface area contributed by atoms with Gasteiger partial charge < -0.3 is 14.7 Å². The number of likely N-dealkylation sites (tertiary alicyclic amines) is 1. The van der Waals surface area contributed by atoms with Gasteiger partial charge in [0.05, 0.1) is 19.4 Å². The van der Waals surface area contributed by atoms with Gasteiger partial charge in [-0.2, -0.15) is 0 Å². The van der Waals surface area contributed by atoms with E-state index in [4.69, 9.17) is 14.7 Å². The van der Waals surface area contributed by atoms with Crippen molar-refractivity contribution in [3.8, 4) is 17.0 Å². The molecule has 3 aromatic rings. The van der Waals surface area contributed by atoms with E-state index in [1.807, 2.05) is 6.07 Å². The van der Waals surface area contributed by atoms with Gasteiger partial charge in [-0.25, -0.2) is 9.97 Å². The molecule has 152 valence electrons. The molecule has 1 aliphatic heterocycles. The van der Waals surface area contributed by atoms with Crippen LogP contribution in [0.3, 0.4) is 0 Å². The van der Waals surface area contributed by atoms with Gasteiger partial charge in [-0.3, -0.25) is 0 Å². The van der Waals surface area contributed by atoms with E-state index >= 15 is 0 Å². The summed E-state index contributed by atoms with van der Waals surface area (Å²) < 4.78 is 5.64. The predicted octanol–water partition coefficient (Wildman–Crippen LogP) is 4.09. The molecule has 1 aliphatic rings. The summed E-state index contributed by atoms with van der Waals surface area (Å²) in [6.45, 7) is 7.12. The smallest absolute Gasteiger partial charge is 0.160 e. The highest BCUT2D eigenvalue weighted by molar-refractivity contribution is 5.81. The summed E-state index contributed by atoms with van der Waals surface area (Å²) in [7, 11) is 1.70. The lowest BCUT2D eigenvalue weighted by Gasteiger charge is -2.31. The first kappa shape index (κ1) is 19.8. The molecule has 0 bridgehead atoms. The molecule has 1 aromatic carbocycles. The minimum absolute atomic E-state index is 0.209. The molecule has 2 aromatic heterocycles. The van der Waals surface area contributed by atoms with Crippen LogP contribution in [0.2, 0.25) is 0 Å². The molecule has 29 heavy (non-hydrogen) atoms. The quantitative estimate of drug-likeness (QED) is 0.710. The maximum atomic E-state index is 9.26. The van der Waals surface area contributed by atoms with Crippen molar-refractivity contribution in [3.63, 3.8) is 0 Å². The zero-order valence-corrected chi connectivity index (χ0v) is 17.5. The van der Waals surface area contributed by atoms with Gasteiger partial charge in [-0.15, -0.1) is 0 Å². The van der Waals surface area contributed by atoms with Gasteiger partial charge in [-0.05, 0) is 74.7 Å². The number of aryl methyl sites for hydroxylation is 2. The van der Waals surface area contributed by atoms with E-state index < -0.39 is 0 Å². The standard InChI is InChI=1S/C24H29N3O2/c1-16-13-17(2)23(22(14-16)29-3)21-9-7-18-6-8-20(25-24(18)26-21)19-5-4-10-27(15-19)11-12-28/h6-9,13-14,19,28H,4-5,10-12,15H2,1-3H3. The molecular weight excluding hydrogens is 362 g/mol. The molecule has 1 unspecified atom stereocenters. The van der Waals surface area contributed by atoms with Gasteiger partial charge in [-0.1, -0.05) is 6.07 Å². The molecular formula is C24H29N3O2. The Morgan fingerprint density at radius 1 is 1.14 bits per heavy atom. The van der Waals surface area contributed by atoms with Crippen molar-refractivity contribution in [2.45, 2.75) is 32.6 Å². The number of fused-ring (bicyclic) bond motifs is 1. The summed E-state index contributed by atoms with van der Waals surface area (Å²) in [6.07, 6.45) is 2.27. The van der Waals surface area contributed by atoms with E-state index in [2.05, 4.69) is 49.1 Å². The number of methoxy groups -OCH3 is 1. The average molecular weight is 392 g/mol. The van der Waals surface area contributed by atoms with Crippen molar-refractivity contribution < 1.29 is 9.84 Å². The highest BCUT2D eigenvalue weighted by Crippen LogP contribution is 2.34. The van der Waals surface area contributed by atoms with Crippen molar-refractivity contribution in [2.75, 3.05) is 33.4 Å². The van der Waals surface area contributed by atoms with Crippen LogP contribution in [0, 0.1) is 13.8 Å². The third-order valence-electron chi connectivity index (χ3n) is 5.83. The summed E-state index contributed by atoms with van der Waals surface area (Å²) in [4.78, 5) is 12.2. The second kappa shape index (κ2) is 8.47. The predicted molar refractivity (Wildman–Crippen MR) is 117 cm³/mol. The average Bonchev–Trinajstić information content (AvgIpc) is 2.73. The molecule has 1 atom stereocenters. The summed E-state index contributed by atoms with van der Waals surface area (Å²) in [5.41, 5.74) is 6.12. The van der Waals surface area contributed by atoms with E-state index in [9.17, 15) is 5.11 Å². The third-order valence-corrected chi connectivity index (χ3v) is 5.83. The van der Waals surface area contributed by atoms with Crippen LogP contribution in [-0.2, 0) is 0 Å². The fraction of sp³-hybridized carbons (Fsp3) is 0.417. The zero-order chi connectivity index (χ0) is 20.4. The van der Waals surface area contributed by atoms with Crippen molar-refractivity contribution in [2.24, 2.45) is 0 Å². The number of hydrogen-bond acceptors (Lipinski definition) is 5. The maximum Gasteiger partial charge on any atom is 0.160 e. The first-order chi connectivity index (χ1) is 14.1. The molecule has 0 saturated carbocycles. The summed E-state index contributed by atoms with van der Waals surface area (Å²) >= 11 is 0. The van der Waals surface area contributed by atoms with Gasteiger partial charge in [0.2, 0.25) is 0 Å². The van der Waals surface area contributed by atoms with Gasteiger partial charge in [0, 0.05) is 35.7 Å². The highest BCUT2D eigenvalue weighted by Gasteiger charge is 2.22. The SMILES string of the molecule is COc1cc(C)cc(C)c1-c1ccc2ccc(C3CCCN(CCO)C3)nc2n1. The van der Waals surface area contributed by atoms with E-state index in [0.717, 1.165) is 71.8 Å². The van der Waals surface area contributed by atoms with Crippen LogP contribution in [0.1, 0.15) is 35.6 Å². The minimum atomic E-state index is 0.209. The summed E-state index contributed by atoms with van der Waals surface area (Å²) in [5.74, 6) is 1.23. The molecule has 1 N–H and O–H groups in total. The second-order valence-corrected chi connectivity index (χ2v) is 8.00. The maximum absolute atomic E-state index is 9.26. The monoisotopic (exact) mass is 391 g/mol. The normalized spacial score (nSPS) is 17.6. The van der Waals surface area contributed by atoms with Gasteiger partial charge in [0.15, 0.2) is 5.65 Å². The minimum Gasteiger partial charge on any atom is -0.496 e. The number of aliphatic hydroxyl groups excluding tert-OH is 1. The van der Waals surface area contributed by atoms with E-state index in [1.54, 1.807) is 7.11 Å². The summed E-state index contributed by atoms with van der Waals surface area (Å²) in [5, 5.41) is 10.3. The molecule has 0 radical (unpaired) electrons. The van der Waals surface area contributed by atoms with Crippen LogP contribution in [0.25, 0.3) is 22.3 Å². The second-order valence-electron chi connectivity index (χ2n) is 8.00. The highest BCUT2D eigenvalue weighted by atomic mass is 16.5. The summed E-state index contributed by atoms with van der Waals surface area (Å²) in [6, 6.07) is 12.6. The Balaban J connectivity index is 1.71. The fourth-order valence-corrected chi connectivity index (χ4v) is 4.44. The number of piperidine rings is 1. The first-order valence-corrected chi connectivity index (χ1v) is 10.4. The zero-order valence-electron chi connectivity index (χ0n) is 17.5. The lowest BCUT2D eigenvalue weighted by molar-refractivity contribution is 0.160. The molecule has 1 fully saturated rings. The van der Waals surface area contributed by atoms with Crippen LogP contribution < -0.4 is 4.74 Å². The number of hydrogen-bond donors (Lipinski definition) is 1. The van der Waals surface area contributed by atoms with Crippen LogP contribution in [0.15, 0.2) is 36.4 Å². The number of pyridine rings is 2. The van der Waals surface area contributed by atoms with Crippen molar-refractivity contribution in [1.29, 1.82) is 0 Å². The number of β-amino-alcohol motifs (C(OH)–C–C–N with tert-alkyl or cyclic N) is 1. The Labute approximate surface area is 172 Å². The topological polar surface area (TPSA) is 58.5 Å². The Morgan fingerprint density at radius 3 is 2.76 bits per heavy atom. The molecule has 1 saturated heterocycles. The lowest BCUT2D eigenvalue weighted by atomic mass is 9.94. The van der Waals surface area contributed by atoms with Gasteiger partial charge >= 0.3 is 0 Å². The molecule has 5 nitrogen and oxygen atoms in total. The number of nitrogens with zero attached hydrogens (tertiary/aromatic N) is 3. The number of ether oxygens (including phenoxy) is 1. The van der Waals surface area contributed by atoms with Gasteiger partial charge in [0.1, 0.15) is 5.75 Å². The van der Waals surface area contributed by atoms with Crippen LogP contribution in [0.4, 0.5) is 0 Å². The number of benzene rings is 1. The molecule has 3 heterocycles. The van der Waals surface area contributed by atoms with E-state index in [1.165, 1.54) is 5.56 Å². The lowest BCUT2D eigenvalue weighted by Crippen LogP contribution is -2.36. The number of rotatable bonds is 5. The largest absolute Gasteiger partial charge is 0.496 e. The fourth-order valence-electron chi connectivity index (χ4n) is 4.44. The number of aliphatic hydroxyl groups is 1. The molecule has 4 rings (SSSR count). The van der Waals surface area contributed by atoms with Gasteiger partial charge in [0.25, 0.3) is 0 Å². The Morgan fingerprint density at radius 2 is 1.97 bits per heavy atom. The number of aromatic nitrogens is 2. The Kier molecular flexibility index (Phi) is 5.79. The van der Waals surface area contributed by atoms with Crippen molar-refractivity contribution in [3.05, 3.63) is 53.2 Å². The van der Waals surface area contributed by atoms with Crippen LogP contribution in [0.5, 0.6) is 5.75 Å². The Bertz CT molecular complexity index is 1020. The van der Waals surface area contributed by atoms with E-state index in [-0.39, 0.29) is 6.61 Å². The van der Waals surface area contributed by atoms with Crippen molar-refractivity contribution in [1.82, 2.24) is 14.9 Å². The Hall–Kier alpha value is -2.50. The first-order valence-electron chi connectivity index (χ1n) is 10.4. The molecule has 0 aliphatic carbocycles. The molecule has 0 spiro atoms. The molecule has 5 heteroatoms. The van der Waals surface area contributed by atoms with Crippen molar-refractivity contribution >= 4 is 11.0 Å². The van der Waals surface area contributed by atoms with E-state index in [0.29, 0.717) is 5.92 Å². The molecule has 0 amide bonds.